The highest BCUT2D eigenvalue weighted by Crippen LogP contribution is 2.33. The minimum Gasteiger partial charge on any atom is -0.392 e. The summed E-state index contributed by atoms with van der Waals surface area (Å²) in [5.41, 5.74) is 0. The lowest BCUT2D eigenvalue weighted by atomic mass is 9.88. The number of hydrogen-bond acceptors (Lipinski definition) is 1. The second-order valence-electron chi connectivity index (χ2n) is 3.54. The number of rotatable bonds is 0. The van der Waals surface area contributed by atoms with E-state index < -0.39 is 0 Å². The molecule has 0 aromatic rings. The molecule has 0 radical (unpaired) electrons. The van der Waals surface area contributed by atoms with Crippen molar-refractivity contribution in [1.82, 2.24) is 0 Å². The van der Waals surface area contributed by atoms with Crippen molar-refractivity contribution in [3.63, 3.8) is 0 Å². The smallest absolute Gasteiger partial charge is 0.0608 e. The van der Waals surface area contributed by atoms with Crippen molar-refractivity contribution in [2.45, 2.75) is 31.8 Å². The van der Waals surface area contributed by atoms with Crippen molar-refractivity contribution < 1.29 is 5.11 Å². The quantitative estimate of drug-likeness (QED) is 0.505. The zero-order valence-electron chi connectivity index (χ0n) is 6.16. The number of allylic oxidation sites excluding steroid dienone is 1. The summed E-state index contributed by atoms with van der Waals surface area (Å²) >= 11 is 0. The van der Waals surface area contributed by atoms with Crippen LogP contribution < -0.4 is 0 Å². The van der Waals surface area contributed by atoms with Crippen LogP contribution in [-0.4, -0.2) is 11.2 Å². The second kappa shape index (κ2) is 2.39. The number of aliphatic hydroxyl groups excluding tert-OH is 1. The van der Waals surface area contributed by atoms with Gasteiger partial charge in [0.05, 0.1) is 6.10 Å². The fourth-order valence-corrected chi connectivity index (χ4v) is 2.11. The average molecular weight is 138 g/mol. The number of aliphatic hydroxyl groups is 1. The van der Waals surface area contributed by atoms with Crippen LogP contribution in [0.1, 0.15) is 25.7 Å². The molecule has 56 valence electrons. The summed E-state index contributed by atoms with van der Waals surface area (Å²) in [6.07, 6.45) is 9.30. The Labute approximate surface area is 61.8 Å². The summed E-state index contributed by atoms with van der Waals surface area (Å²) in [5, 5.41) is 9.53. The van der Waals surface area contributed by atoms with E-state index in [-0.39, 0.29) is 6.10 Å². The van der Waals surface area contributed by atoms with Gasteiger partial charge in [-0.05, 0) is 25.2 Å². The van der Waals surface area contributed by atoms with Gasteiger partial charge in [0.15, 0.2) is 0 Å². The molecule has 0 aliphatic heterocycles. The molecule has 0 heterocycles. The van der Waals surface area contributed by atoms with E-state index in [1.54, 1.807) is 0 Å². The Kier molecular flexibility index (Phi) is 1.53. The minimum atomic E-state index is -0.0301. The third-order valence-corrected chi connectivity index (χ3v) is 2.78. The van der Waals surface area contributed by atoms with Gasteiger partial charge in [0.25, 0.3) is 0 Å². The molecule has 1 heteroatoms. The Morgan fingerprint density at radius 1 is 1.20 bits per heavy atom. The third kappa shape index (κ3) is 0.988. The fraction of sp³-hybridized carbons (Fsp3) is 0.778. The van der Waals surface area contributed by atoms with Crippen LogP contribution >= 0.6 is 0 Å². The lowest BCUT2D eigenvalue weighted by molar-refractivity contribution is 0.108. The molecular weight excluding hydrogens is 124 g/mol. The predicted molar refractivity (Wildman–Crippen MR) is 40.6 cm³/mol. The molecule has 0 amide bonds. The Bertz CT molecular complexity index is 151. The van der Waals surface area contributed by atoms with Crippen LogP contribution in [-0.2, 0) is 0 Å². The first kappa shape index (κ1) is 6.41. The Morgan fingerprint density at radius 3 is 2.90 bits per heavy atom. The van der Waals surface area contributed by atoms with Gasteiger partial charge < -0.3 is 5.11 Å². The second-order valence-corrected chi connectivity index (χ2v) is 3.54. The molecule has 3 unspecified atom stereocenters. The molecule has 2 bridgehead atoms. The van der Waals surface area contributed by atoms with Crippen LogP contribution in [0, 0.1) is 11.8 Å². The zero-order chi connectivity index (χ0) is 6.97. The van der Waals surface area contributed by atoms with Gasteiger partial charge in [-0.1, -0.05) is 18.6 Å². The largest absolute Gasteiger partial charge is 0.392 e. The van der Waals surface area contributed by atoms with E-state index in [1.165, 1.54) is 19.3 Å². The molecule has 1 fully saturated rings. The van der Waals surface area contributed by atoms with E-state index in [4.69, 9.17) is 0 Å². The first-order chi connectivity index (χ1) is 4.86. The molecule has 3 atom stereocenters. The summed E-state index contributed by atoms with van der Waals surface area (Å²) in [6, 6.07) is 0. The van der Waals surface area contributed by atoms with E-state index in [2.05, 4.69) is 12.2 Å². The van der Waals surface area contributed by atoms with Crippen molar-refractivity contribution in [3.05, 3.63) is 12.2 Å². The van der Waals surface area contributed by atoms with Crippen LogP contribution in [0.5, 0.6) is 0 Å². The molecule has 0 aromatic carbocycles. The molecule has 1 saturated carbocycles. The van der Waals surface area contributed by atoms with Crippen molar-refractivity contribution in [3.8, 4) is 0 Å². The van der Waals surface area contributed by atoms with Crippen LogP contribution in [0.25, 0.3) is 0 Å². The van der Waals surface area contributed by atoms with Gasteiger partial charge in [-0.2, -0.15) is 0 Å². The molecule has 3 aliphatic carbocycles. The molecule has 3 aliphatic rings. The predicted octanol–water partition coefficient (Wildman–Crippen LogP) is 1.72. The van der Waals surface area contributed by atoms with Gasteiger partial charge in [-0.3, -0.25) is 0 Å². The van der Waals surface area contributed by atoms with Gasteiger partial charge in [0.1, 0.15) is 0 Å². The van der Waals surface area contributed by atoms with Gasteiger partial charge in [0, 0.05) is 5.92 Å². The summed E-state index contributed by atoms with van der Waals surface area (Å²) in [7, 11) is 0. The Morgan fingerprint density at radius 2 is 2.10 bits per heavy atom. The average Bonchev–Trinajstić information content (AvgIpc) is 2.20. The molecule has 0 spiro atoms. The Balaban J connectivity index is 2.18. The van der Waals surface area contributed by atoms with Crippen molar-refractivity contribution >= 4 is 0 Å². The van der Waals surface area contributed by atoms with Crippen LogP contribution in [0.15, 0.2) is 12.2 Å². The van der Waals surface area contributed by atoms with E-state index in [0.717, 1.165) is 6.42 Å². The summed E-state index contributed by atoms with van der Waals surface area (Å²) < 4.78 is 0. The fourth-order valence-electron chi connectivity index (χ4n) is 2.11. The first-order valence-corrected chi connectivity index (χ1v) is 4.22. The van der Waals surface area contributed by atoms with Crippen molar-refractivity contribution in [2.75, 3.05) is 0 Å². The van der Waals surface area contributed by atoms with Crippen LogP contribution in [0.2, 0.25) is 0 Å². The maximum atomic E-state index is 9.53. The zero-order valence-corrected chi connectivity index (χ0v) is 6.16. The highest BCUT2D eigenvalue weighted by Gasteiger charge is 2.27. The highest BCUT2D eigenvalue weighted by molar-refractivity contribution is 5.03. The van der Waals surface area contributed by atoms with Gasteiger partial charge >= 0.3 is 0 Å². The summed E-state index contributed by atoms with van der Waals surface area (Å²) in [5.74, 6) is 1.17. The summed E-state index contributed by atoms with van der Waals surface area (Å²) in [6.45, 7) is 0. The molecule has 0 saturated heterocycles. The maximum absolute atomic E-state index is 9.53. The van der Waals surface area contributed by atoms with E-state index in [0.29, 0.717) is 11.8 Å². The van der Waals surface area contributed by atoms with Gasteiger partial charge in [0.2, 0.25) is 0 Å². The monoisotopic (exact) mass is 138 g/mol. The molecular formula is C9H14O. The van der Waals surface area contributed by atoms with Crippen molar-refractivity contribution in [2.24, 2.45) is 11.8 Å². The molecule has 0 aromatic heterocycles. The van der Waals surface area contributed by atoms with Gasteiger partial charge in [-0.25, -0.2) is 0 Å². The highest BCUT2D eigenvalue weighted by atomic mass is 16.3. The molecule has 1 N–H and O–H groups in total. The standard InChI is InChI=1S/C9H14O/c10-9-6-7-2-1-3-8(9)5-4-7/h4-5,7-10H,1-3,6H2. The number of fused-ring (bicyclic) bond motifs is 3. The van der Waals surface area contributed by atoms with Crippen LogP contribution in [0.4, 0.5) is 0 Å². The van der Waals surface area contributed by atoms with E-state index in [1.807, 2.05) is 0 Å². The van der Waals surface area contributed by atoms with E-state index in [9.17, 15) is 5.11 Å². The normalized spacial score (nSPS) is 45.5. The molecule has 1 nitrogen and oxygen atoms in total. The Hall–Kier alpha value is -0.300. The topological polar surface area (TPSA) is 20.2 Å². The van der Waals surface area contributed by atoms with Gasteiger partial charge in [-0.15, -0.1) is 0 Å². The first-order valence-electron chi connectivity index (χ1n) is 4.22. The van der Waals surface area contributed by atoms with E-state index >= 15 is 0 Å². The summed E-state index contributed by atoms with van der Waals surface area (Å²) in [4.78, 5) is 0. The van der Waals surface area contributed by atoms with Crippen LogP contribution in [0.3, 0.4) is 0 Å². The lowest BCUT2D eigenvalue weighted by Gasteiger charge is -2.22. The number of hydrogen-bond donors (Lipinski definition) is 1. The maximum Gasteiger partial charge on any atom is 0.0608 e. The SMILES string of the molecule is OC1CC2C=CC1CCC2. The minimum absolute atomic E-state index is 0.0301. The lowest BCUT2D eigenvalue weighted by Crippen LogP contribution is -2.22. The molecule has 10 heavy (non-hydrogen) atoms. The van der Waals surface area contributed by atoms with Crippen molar-refractivity contribution in [1.29, 1.82) is 0 Å². The molecule has 3 rings (SSSR count). The third-order valence-electron chi connectivity index (χ3n) is 2.78.